The van der Waals surface area contributed by atoms with E-state index in [0.717, 1.165) is 33.2 Å². The van der Waals surface area contributed by atoms with E-state index in [0.29, 0.717) is 6.54 Å². The summed E-state index contributed by atoms with van der Waals surface area (Å²) >= 11 is 1.55. The highest BCUT2D eigenvalue weighted by Gasteiger charge is 2.22. The van der Waals surface area contributed by atoms with Gasteiger partial charge < -0.3 is 10.6 Å². The smallest absolute Gasteiger partial charge is 0.236 e. The molecule has 4 nitrogen and oxygen atoms in total. The largest absolute Gasteiger partial charge is 0.358 e. The maximum atomic E-state index is 13.3. The van der Waals surface area contributed by atoms with Crippen molar-refractivity contribution in [1.29, 1.82) is 0 Å². The van der Waals surface area contributed by atoms with Crippen molar-refractivity contribution in [3.05, 3.63) is 114 Å². The SMILES string of the molecule is C=CCNc1nc(-c2cccc(NC(=O)C(c3ccccc3)c3ccccc3)c2)cs1. The van der Waals surface area contributed by atoms with Crippen LogP contribution in [0.5, 0.6) is 0 Å². The fraction of sp³-hybridized carbons (Fsp3) is 0.0769. The lowest BCUT2D eigenvalue weighted by Crippen LogP contribution is -2.22. The van der Waals surface area contributed by atoms with Gasteiger partial charge in [-0.3, -0.25) is 4.79 Å². The zero-order chi connectivity index (χ0) is 21.5. The van der Waals surface area contributed by atoms with Crippen molar-refractivity contribution in [2.75, 3.05) is 17.2 Å². The summed E-state index contributed by atoms with van der Waals surface area (Å²) in [7, 11) is 0. The molecule has 0 radical (unpaired) electrons. The van der Waals surface area contributed by atoms with Crippen LogP contribution in [-0.4, -0.2) is 17.4 Å². The zero-order valence-electron chi connectivity index (χ0n) is 17.0. The molecule has 0 bridgehead atoms. The van der Waals surface area contributed by atoms with Gasteiger partial charge in [0.1, 0.15) is 0 Å². The highest BCUT2D eigenvalue weighted by atomic mass is 32.1. The minimum atomic E-state index is -0.389. The Morgan fingerprint density at radius 2 is 1.65 bits per heavy atom. The number of amides is 1. The summed E-state index contributed by atoms with van der Waals surface area (Å²) < 4.78 is 0. The van der Waals surface area contributed by atoms with Gasteiger partial charge in [-0.25, -0.2) is 4.98 Å². The average molecular weight is 426 g/mol. The van der Waals surface area contributed by atoms with Crippen LogP contribution in [0.4, 0.5) is 10.8 Å². The second-order valence-corrected chi connectivity index (χ2v) is 7.89. The third kappa shape index (κ3) is 5.08. The highest BCUT2D eigenvalue weighted by molar-refractivity contribution is 7.14. The molecule has 154 valence electrons. The van der Waals surface area contributed by atoms with Crippen molar-refractivity contribution in [2.45, 2.75) is 5.92 Å². The van der Waals surface area contributed by atoms with Crippen LogP contribution < -0.4 is 10.6 Å². The van der Waals surface area contributed by atoms with Gasteiger partial charge in [0.05, 0.1) is 11.6 Å². The molecule has 0 spiro atoms. The Balaban J connectivity index is 1.57. The van der Waals surface area contributed by atoms with Gasteiger partial charge in [0.25, 0.3) is 0 Å². The number of carbonyl (C=O) groups excluding carboxylic acids is 1. The minimum Gasteiger partial charge on any atom is -0.358 e. The predicted octanol–water partition coefficient (Wildman–Crippen LogP) is 6.18. The Morgan fingerprint density at radius 3 is 2.29 bits per heavy atom. The van der Waals surface area contributed by atoms with E-state index >= 15 is 0 Å². The van der Waals surface area contributed by atoms with E-state index in [4.69, 9.17) is 0 Å². The van der Waals surface area contributed by atoms with E-state index in [1.807, 2.05) is 90.3 Å². The number of anilines is 2. The average Bonchev–Trinajstić information content (AvgIpc) is 3.29. The third-order valence-electron chi connectivity index (χ3n) is 4.86. The minimum absolute atomic E-state index is 0.0684. The summed E-state index contributed by atoms with van der Waals surface area (Å²) in [6, 6.07) is 27.5. The Morgan fingerprint density at radius 1 is 0.968 bits per heavy atom. The van der Waals surface area contributed by atoms with E-state index in [1.54, 1.807) is 17.4 Å². The molecule has 0 atom stereocenters. The van der Waals surface area contributed by atoms with Crippen LogP contribution in [0, 0.1) is 0 Å². The van der Waals surface area contributed by atoms with Gasteiger partial charge in [0, 0.05) is 23.2 Å². The standard InChI is InChI=1S/C26H23N3OS/c1-2-16-27-26-29-23(18-31-26)21-14-9-15-22(17-21)28-25(30)24(19-10-5-3-6-11-19)20-12-7-4-8-13-20/h2-15,17-18,24H,1,16H2,(H,27,29)(H,28,30). The number of hydrogen-bond acceptors (Lipinski definition) is 4. The molecule has 31 heavy (non-hydrogen) atoms. The molecular formula is C26H23N3OS. The van der Waals surface area contributed by atoms with Crippen molar-refractivity contribution in [2.24, 2.45) is 0 Å². The number of nitrogens with one attached hydrogen (secondary N) is 2. The number of hydrogen-bond donors (Lipinski definition) is 2. The number of benzene rings is 3. The molecule has 1 aromatic heterocycles. The number of aromatic nitrogens is 1. The van der Waals surface area contributed by atoms with Crippen molar-refractivity contribution < 1.29 is 4.79 Å². The lowest BCUT2D eigenvalue weighted by molar-refractivity contribution is -0.116. The highest BCUT2D eigenvalue weighted by Crippen LogP contribution is 2.29. The first-order chi connectivity index (χ1) is 15.2. The molecule has 0 aliphatic heterocycles. The summed E-state index contributed by atoms with van der Waals surface area (Å²) in [5.41, 5.74) is 4.49. The maximum absolute atomic E-state index is 13.3. The van der Waals surface area contributed by atoms with Crippen LogP contribution in [0.25, 0.3) is 11.3 Å². The van der Waals surface area contributed by atoms with E-state index in [-0.39, 0.29) is 11.8 Å². The Bertz CT molecular complexity index is 1120. The van der Waals surface area contributed by atoms with E-state index in [2.05, 4.69) is 22.2 Å². The second kappa shape index (κ2) is 9.87. The molecule has 0 aliphatic rings. The Kier molecular flexibility index (Phi) is 6.55. The summed E-state index contributed by atoms with van der Waals surface area (Å²) in [6.07, 6.45) is 1.80. The van der Waals surface area contributed by atoms with Gasteiger partial charge in [-0.1, -0.05) is 78.9 Å². The predicted molar refractivity (Wildman–Crippen MR) is 130 cm³/mol. The molecule has 2 N–H and O–H groups in total. The lowest BCUT2D eigenvalue weighted by atomic mass is 9.90. The molecule has 3 aromatic carbocycles. The summed E-state index contributed by atoms with van der Waals surface area (Å²) in [6.45, 7) is 4.38. The third-order valence-corrected chi connectivity index (χ3v) is 5.66. The van der Waals surface area contributed by atoms with E-state index in [9.17, 15) is 4.79 Å². The van der Waals surface area contributed by atoms with Crippen molar-refractivity contribution in [3.63, 3.8) is 0 Å². The van der Waals surface area contributed by atoms with Gasteiger partial charge in [0.2, 0.25) is 5.91 Å². The zero-order valence-corrected chi connectivity index (χ0v) is 17.8. The number of rotatable bonds is 8. The molecule has 0 aliphatic carbocycles. The number of carbonyl (C=O) groups is 1. The molecule has 4 aromatic rings. The number of thiazole rings is 1. The molecule has 4 rings (SSSR count). The molecule has 0 saturated carbocycles. The van der Waals surface area contributed by atoms with Crippen molar-refractivity contribution in [3.8, 4) is 11.3 Å². The summed E-state index contributed by atoms with van der Waals surface area (Å²) in [5.74, 6) is -0.457. The first-order valence-corrected chi connectivity index (χ1v) is 10.9. The normalized spacial score (nSPS) is 10.6. The maximum Gasteiger partial charge on any atom is 0.236 e. The van der Waals surface area contributed by atoms with Gasteiger partial charge in [-0.2, -0.15) is 0 Å². The van der Waals surface area contributed by atoms with Crippen LogP contribution in [0.3, 0.4) is 0 Å². The van der Waals surface area contributed by atoms with Gasteiger partial charge in [0.15, 0.2) is 5.13 Å². The first-order valence-electron chi connectivity index (χ1n) is 10.1. The first kappa shape index (κ1) is 20.6. The lowest BCUT2D eigenvalue weighted by Gasteiger charge is -2.18. The fourth-order valence-electron chi connectivity index (χ4n) is 3.40. The van der Waals surface area contributed by atoms with Crippen LogP contribution in [-0.2, 0) is 4.79 Å². The molecule has 0 fully saturated rings. The molecule has 1 amide bonds. The van der Waals surface area contributed by atoms with Crippen LogP contribution in [0.15, 0.2) is 103 Å². The van der Waals surface area contributed by atoms with Gasteiger partial charge in [-0.15, -0.1) is 17.9 Å². The number of nitrogens with zero attached hydrogens (tertiary/aromatic N) is 1. The van der Waals surface area contributed by atoms with E-state index < -0.39 is 0 Å². The van der Waals surface area contributed by atoms with Gasteiger partial charge >= 0.3 is 0 Å². The van der Waals surface area contributed by atoms with Crippen molar-refractivity contribution in [1.82, 2.24) is 4.98 Å². The monoisotopic (exact) mass is 425 g/mol. The fourth-order valence-corrected chi connectivity index (χ4v) is 4.13. The molecule has 5 heteroatoms. The van der Waals surface area contributed by atoms with Crippen LogP contribution in [0.1, 0.15) is 17.0 Å². The van der Waals surface area contributed by atoms with Gasteiger partial charge in [-0.05, 0) is 23.3 Å². The quantitative estimate of drug-likeness (QED) is 0.332. The second-order valence-electron chi connectivity index (χ2n) is 7.03. The molecule has 1 heterocycles. The topological polar surface area (TPSA) is 54.0 Å². The van der Waals surface area contributed by atoms with E-state index in [1.165, 1.54) is 0 Å². The van der Waals surface area contributed by atoms with Crippen LogP contribution >= 0.6 is 11.3 Å². The van der Waals surface area contributed by atoms with Crippen molar-refractivity contribution >= 4 is 28.1 Å². The Labute approximate surface area is 186 Å². The molecule has 0 unspecified atom stereocenters. The van der Waals surface area contributed by atoms with Crippen LogP contribution in [0.2, 0.25) is 0 Å². The molecular weight excluding hydrogens is 402 g/mol. The summed E-state index contributed by atoms with van der Waals surface area (Å²) in [5, 5.41) is 9.15. The summed E-state index contributed by atoms with van der Waals surface area (Å²) in [4.78, 5) is 18.0. The Hall–Kier alpha value is -3.70. The molecule has 0 saturated heterocycles.